The van der Waals surface area contributed by atoms with E-state index in [-0.39, 0.29) is 12.0 Å². The van der Waals surface area contributed by atoms with Crippen LogP contribution in [0.25, 0.3) is 0 Å². The van der Waals surface area contributed by atoms with Crippen molar-refractivity contribution in [2.45, 2.75) is 13.0 Å². The summed E-state index contributed by atoms with van der Waals surface area (Å²) >= 11 is 0. The summed E-state index contributed by atoms with van der Waals surface area (Å²) in [7, 11) is 1.74. The normalized spacial score (nSPS) is 10.3. The van der Waals surface area contributed by atoms with Crippen molar-refractivity contribution in [3.8, 4) is 0 Å². The molecule has 1 aromatic carbocycles. The van der Waals surface area contributed by atoms with Gasteiger partial charge in [-0.15, -0.1) is 0 Å². The lowest BCUT2D eigenvalue weighted by Crippen LogP contribution is -2.27. The fraction of sp³-hybridized carbons (Fsp3) is 0.267. The Morgan fingerprint density at radius 1 is 1.33 bits per heavy atom. The third kappa shape index (κ3) is 4.17. The molecule has 0 aliphatic carbocycles. The van der Waals surface area contributed by atoms with Crippen LogP contribution in [0, 0.1) is 0 Å². The van der Waals surface area contributed by atoms with Gasteiger partial charge in [-0.1, -0.05) is 30.3 Å². The van der Waals surface area contributed by atoms with Gasteiger partial charge in [0, 0.05) is 19.7 Å². The summed E-state index contributed by atoms with van der Waals surface area (Å²) in [5.74, 6) is -0.868. The molecule has 0 spiro atoms. The molecule has 110 valence electrons. The number of aliphatic carboxylic acids is 1. The summed E-state index contributed by atoms with van der Waals surface area (Å²) in [5, 5.41) is 12.8. The maximum atomic E-state index is 12.0. The predicted octanol–water partition coefficient (Wildman–Crippen LogP) is 1.20. The van der Waals surface area contributed by atoms with Gasteiger partial charge in [0.25, 0.3) is 5.56 Å². The van der Waals surface area contributed by atoms with E-state index in [9.17, 15) is 9.59 Å². The summed E-state index contributed by atoms with van der Waals surface area (Å²) in [4.78, 5) is 24.3. The average molecular weight is 287 g/mol. The second kappa shape index (κ2) is 6.69. The van der Waals surface area contributed by atoms with Crippen LogP contribution in [0.15, 0.2) is 47.4 Å². The lowest BCUT2D eigenvalue weighted by molar-refractivity contribution is -0.136. The number of anilines is 1. The van der Waals surface area contributed by atoms with Crippen molar-refractivity contribution in [3.63, 3.8) is 0 Å². The molecule has 6 nitrogen and oxygen atoms in total. The Hall–Kier alpha value is -2.63. The zero-order chi connectivity index (χ0) is 15.2. The SMILES string of the molecule is CN(CCC(=O)O)c1cnn(Cc2ccccc2)c(=O)c1. The molecule has 0 fully saturated rings. The molecular weight excluding hydrogens is 270 g/mol. The maximum absolute atomic E-state index is 12.0. The van der Waals surface area contributed by atoms with Gasteiger partial charge in [0.05, 0.1) is 24.8 Å². The molecule has 0 saturated heterocycles. The van der Waals surface area contributed by atoms with E-state index in [2.05, 4.69) is 5.10 Å². The van der Waals surface area contributed by atoms with Gasteiger partial charge in [-0.3, -0.25) is 9.59 Å². The standard InChI is InChI=1S/C15H17N3O3/c1-17(8-7-15(20)21)13-9-14(19)18(16-10-13)11-12-5-3-2-4-6-12/h2-6,9-10H,7-8,11H2,1H3,(H,20,21). The number of rotatable bonds is 6. The lowest BCUT2D eigenvalue weighted by atomic mass is 10.2. The molecule has 0 aliphatic heterocycles. The highest BCUT2D eigenvalue weighted by atomic mass is 16.4. The van der Waals surface area contributed by atoms with Gasteiger partial charge >= 0.3 is 5.97 Å². The fourth-order valence-electron chi connectivity index (χ4n) is 1.90. The van der Waals surface area contributed by atoms with Gasteiger partial charge in [0.15, 0.2) is 0 Å². The van der Waals surface area contributed by atoms with E-state index in [1.165, 1.54) is 10.7 Å². The number of nitrogens with zero attached hydrogens (tertiary/aromatic N) is 3. The Balaban J connectivity index is 2.10. The van der Waals surface area contributed by atoms with Crippen LogP contribution in [-0.4, -0.2) is 34.4 Å². The Labute approximate surface area is 122 Å². The van der Waals surface area contributed by atoms with E-state index >= 15 is 0 Å². The number of carboxylic acids is 1. The van der Waals surface area contributed by atoms with Crippen molar-refractivity contribution in [3.05, 3.63) is 58.5 Å². The van der Waals surface area contributed by atoms with E-state index < -0.39 is 5.97 Å². The van der Waals surface area contributed by atoms with Crippen LogP contribution in [0.1, 0.15) is 12.0 Å². The molecule has 2 aromatic rings. The molecule has 0 aliphatic rings. The van der Waals surface area contributed by atoms with Gasteiger partial charge in [-0.05, 0) is 5.56 Å². The quantitative estimate of drug-likeness (QED) is 0.864. The first kappa shape index (κ1) is 14.8. The van der Waals surface area contributed by atoms with Crippen molar-refractivity contribution < 1.29 is 9.90 Å². The summed E-state index contributed by atoms with van der Waals surface area (Å²) in [6, 6.07) is 11.1. The van der Waals surface area contributed by atoms with Crippen molar-refractivity contribution in [2.24, 2.45) is 0 Å². The Morgan fingerprint density at radius 2 is 2.05 bits per heavy atom. The summed E-state index contributed by atoms with van der Waals surface area (Å²) < 4.78 is 1.38. The van der Waals surface area contributed by atoms with Crippen molar-refractivity contribution in [1.82, 2.24) is 9.78 Å². The highest BCUT2D eigenvalue weighted by Crippen LogP contribution is 2.08. The van der Waals surface area contributed by atoms with Crippen molar-refractivity contribution in [2.75, 3.05) is 18.5 Å². The third-order valence-corrected chi connectivity index (χ3v) is 3.13. The van der Waals surface area contributed by atoms with Crippen LogP contribution >= 0.6 is 0 Å². The summed E-state index contributed by atoms with van der Waals surface area (Å²) in [6.07, 6.45) is 1.59. The predicted molar refractivity (Wildman–Crippen MR) is 79.6 cm³/mol. The number of aromatic nitrogens is 2. The smallest absolute Gasteiger partial charge is 0.305 e. The maximum Gasteiger partial charge on any atom is 0.305 e. The van der Waals surface area contributed by atoms with Gasteiger partial charge < -0.3 is 10.0 Å². The number of carbonyl (C=O) groups is 1. The zero-order valence-corrected chi connectivity index (χ0v) is 11.8. The second-order valence-corrected chi connectivity index (χ2v) is 4.76. The van der Waals surface area contributed by atoms with Crippen LogP contribution < -0.4 is 10.5 Å². The van der Waals surface area contributed by atoms with Gasteiger partial charge in [-0.25, -0.2) is 4.68 Å². The fourth-order valence-corrected chi connectivity index (χ4v) is 1.90. The Kier molecular flexibility index (Phi) is 4.71. The highest BCUT2D eigenvalue weighted by Gasteiger charge is 2.07. The molecule has 2 rings (SSSR count). The molecule has 0 bridgehead atoms. The van der Waals surface area contributed by atoms with E-state index in [1.807, 2.05) is 30.3 Å². The van der Waals surface area contributed by atoms with E-state index in [1.54, 1.807) is 18.1 Å². The van der Waals surface area contributed by atoms with E-state index in [4.69, 9.17) is 5.11 Å². The largest absolute Gasteiger partial charge is 0.481 e. The number of hydrogen-bond acceptors (Lipinski definition) is 4. The highest BCUT2D eigenvalue weighted by molar-refractivity contribution is 5.67. The molecule has 1 N–H and O–H groups in total. The van der Waals surface area contributed by atoms with Crippen LogP contribution in [0.2, 0.25) is 0 Å². The van der Waals surface area contributed by atoms with Crippen LogP contribution in [-0.2, 0) is 11.3 Å². The third-order valence-electron chi connectivity index (χ3n) is 3.13. The number of benzene rings is 1. The topological polar surface area (TPSA) is 75.4 Å². The first-order valence-corrected chi connectivity index (χ1v) is 6.60. The minimum atomic E-state index is -0.868. The first-order chi connectivity index (χ1) is 10.1. The monoisotopic (exact) mass is 287 g/mol. The Bertz CT molecular complexity index is 667. The number of carboxylic acid groups (broad SMARTS) is 1. The lowest BCUT2D eigenvalue weighted by Gasteiger charge is -2.17. The molecule has 0 saturated carbocycles. The summed E-state index contributed by atoms with van der Waals surface area (Å²) in [5.41, 5.74) is 1.41. The number of hydrogen-bond donors (Lipinski definition) is 1. The molecule has 0 radical (unpaired) electrons. The minimum absolute atomic E-state index is 0.0175. The van der Waals surface area contributed by atoms with Crippen LogP contribution in [0.3, 0.4) is 0 Å². The Morgan fingerprint density at radius 3 is 2.67 bits per heavy atom. The van der Waals surface area contributed by atoms with Crippen LogP contribution in [0.4, 0.5) is 5.69 Å². The first-order valence-electron chi connectivity index (χ1n) is 6.60. The van der Waals surface area contributed by atoms with Gasteiger partial charge in [0.1, 0.15) is 0 Å². The van der Waals surface area contributed by atoms with Crippen molar-refractivity contribution in [1.29, 1.82) is 0 Å². The van der Waals surface area contributed by atoms with E-state index in [0.29, 0.717) is 18.8 Å². The molecule has 0 unspecified atom stereocenters. The molecule has 1 aromatic heterocycles. The molecule has 6 heteroatoms. The molecule has 21 heavy (non-hydrogen) atoms. The minimum Gasteiger partial charge on any atom is -0.481 e. The summed E-state index contributed by atoms with van der Waals surface area (Å²) in [6.45, 7) is 0.748. The van der Waals surface area contributed by atoms with Crippen LogP contribution in [0.5, 0.6) is 0 Å². The molecule has 0 atom stereocenters. The van der Waals surface area contributed by atoms with Gasteiger partial charge in [0.2, 0.25) is 0 Å². The van der Waals surface area contributed by atoms with Gasteiger partial charge in [-0.2, -0.15) is 5.10 Å². The molecule has 0 amide bonds. The molecule has 1 heterocycles. The van der Waals surface area contributed by atoms with Crippen molar-refractivity contribution >= 4 is 11.7 Å². The second-order valence-electron chi connectivity index (χ2n) is 4.76. The van der Waals surface area contributed by atoms with E-state index in [0.717, 1.165) is 5.56 Å². The molecular formula is C15H17N3O3. The zero-order valence-electron chi connectivity index (χ0n) is 11.8. The average Bonchev–Trinajstić information content (AvgIpc) is 2.48.